The van der Waals surface area contributed by atoms with Gasteiger partial charge in [-0.15, -0.1) is 11.3 Å². The molecule has 3 heterocycles. The molecule has 0 spiro atoms. The molecule has 27 heavy (non-hydrogen) atoms. The topological polar surface area (TPSA) is 65.1 Å². The van der Waals surface area contributed by atoms with Crippen molar-refractivity contribution in [1.29, 1.82) is 0 Å². The van der Waals surface area contributed by atoms with E-state index in [9.17, 15) is 9.59 Å². The largest absolute Gasteiger partial charge is 0.383 e. The number of likely N-dealkylation sites (tertiary alicyclic amines) is 1. The van der Waals surface area contributed by atoms with Gasteiger partial charge in [-0.3, -0.25) is 19.4 Å². The zero-order valence-corrected chi connectivity index (χ0v) is 16.9. The molecule has 150 valence electrons. The maximum atomic E-state index is 12.8. The molecule has 2 amide bonds. The van der Waals surface area contributed by atoms with Crippen LogP contribution in [0, 0.1) is 0 Å². The van der Waals surface area contributed by atoms with Crippen LogP contribution in [-0.4, -0.2) is 92.6 Å². The summed E-state index contributed by atoms with van der Waals surface area (Å²) < 4.78 is 4.94. The van der Waals surface area contributed by atoms with E-state index in [0.717, 1.165) is 45.6 Å². The Balaban J connectivity index is 1.40. The van der Waals surface area contributed by atoms with Gasteiger partial charge in [-0.25, -0.2) is 0 Å². The smallest absolute Gasteiger partial charge is 0.237 e. The average Bonchev–Trinajstić information content (AvgIpc) is 3.35. The van der Waals surface area contributed by atoms with Crippen molar-refractivity contribution in [1.82, 2.24) is 20.0 Å². The molecule has 0 aliphatic carbocycles. The second-order valence-corrected chi connectivity index (χ2v) is 8.13. The summed E-state index contributed by atoms with van der Waals surface area (Å²) in [5.74, 6) is 0.268. The molecule has 1 aromatic rings. The SMILES string of the molecule is COCCNC(=O)CN1CCN(CC(=O)N2CCCC2c2cccs2)CC1. The van der Waals surface area contributed by atoms with E-state index in [-0.39, 0.29) is 17.9 Å². The van der Waals surface area contributed by atoms with Crippen LogP contribution < -0.4 is 5.32 Å². The molecule has 1 atom stereocenters. The van der Waals surface area contributed by atoms with Crippen LogP contribution in [-0.2, 0) is 14.3 Å². The van der Waals surface area contributed by atoms with Gasteiger partial charge in [-0.2, -0.15) is 0 Å². The van der Waals surface area contributed by atoms with Crippen LogP contribution in [0.15, 0.2) is 17.5 Å². The predicted molar refractivity (Wildman–Crippen MR) is 106 cm³/mol. The van der Waals surface area contributed by atoms with Crippen molar-refractivity contribution in [2.75, 3.05) is 66.1 Å². The molecule has 0 radical (unpaired) electrons. The minimum Gasteiger partial charge on any atom is -0.383 e. The summed E-state index contributed by atoms with van der Waals surface area (Å²) in [5, 5.41) is 4.93. The van der Waals surface area contributed by atoms with Gasteiger partial charge in [0.15, 0.2) is 0 Å². The summed E-state index contributed by atoms with van der Waals surface area (Å²) in [7, 11) is 1.62. The van der Waals surface area contributed by atoms with E-state index in [1.807, 2.05) is 0 Å². The predicted octanol–water partition coefficient (Wildman–Crippen LogP) is 0.792. The van der Waals surface area contributed by atoms with Gasteiger partial charge in [-0.05, 0) is 24.3 Å². The highest BCUT2D eigenvalue weighted by atomic mass is 32.1. The van der Waals surface area contributed by atoms with Gasteiger partial charge < -0.3 is 15.0 Å². The van der Waals surface area contributed by atoms with E-state index in [4.69, 9.17) is 4.74 Å². The second kappa shape index (κ2) is 10.2. The van der Waals surface area contributed by atoms with Gasteiger partial charge in [0.05, 0.1) is 25.7 Å². The molecule has 7 nitrogen and oxygen atoms in total. The van der Waals surface area contributed by atoms with Crippen LogP contribution in [0.4, 0.5) is 0 Å². The van der Waals surface area contributed by atoms with Crippen molar-refractivity contribution in [3.8, 4) is 0 Å². The molecule has 0 saturated carbocycles. The lowest BCUT2D eigenvalue weighted by Gasteiger charge is -2.35. The van der Waals surface area contributed by atoms with E-state index in [1.54, 1.807) is 18.4 Å². The number of hydrogen-bond acceptors (Lipinski definition) is 6. The van der Waals surface area contributed by atoms with E-state index in [0.29, 0.717) is 26.2 Å². The summed E-state index contributed by atoms with van der Waals surface area (Å²) in [6, 6.07) is 4.46. The van der Waals surface area contributed by atoms with Gasteiger partial charge in [0.2, 0.25) is 11.8 Å². The third-order valence-electron chi connectivity index (χ3n) is 5.26. The zero-order valence-electron chi connectivity index (χ0n) is 16.1. The first-order valence-corrected chi connectivity index (χ1v) is 10.6. The number of piperazine rings is 1. The summed E-state index contributed by atoms with van der Waals surface area (Å²) in [6.45, 7) is 6.13. The zero-order chi connectivity index (χ0) is 19.1. The normalized spacial score (nSPS) is 21.5. The van der Waals surface area contributed by atoms with E-state index in [2.05, 4.69) is 37.5 Å². The first kappa shape index (κ1) is 20.3. The van der Waals surface area contributed by atoms with Crippen molar-refractivity contribution < 1.29 is 14.3 Å². The van der Waals surface area contributed by atoms with Gasteiger partial charge in [0, 0.05) is 51.3 Å². The van der Waals surface area contributed by atoms with Crippen LogP contribution in [0.25, 0.3) is 0 Å². The van der Waals surface area contributed by atoms with Crippen molar-refractivity contribution in [3.05, 3.63) is 22.4 Å². The maximum Gasteiger partial charge on any atom is 0.237 e. The molecule has 2 saturated heterocycles. The summed E-state index contributed by atoms with van der Waals surface area (Å²) >= 11 is 1.74. The lowest BCUT2D eigenvalue weighted by atomic mass is 10.2. The summed E-state index contributed by atoms with van der Waals surface area (Å²) in [6.07, 6.45) is 2.15. The average molecular weight is 395 g/mol. The Kier molecular flexibility index (Phi) is 7.63. The number of ether oxygens (including phenoxy) is 1. The molecule has 0 aromatic carbocycles. The van der Waals surface area contributed by atoms with Crippen molar-refractivity contribution in [2.24, 2.45) is 0 Å². The molecule has 1 N–H and O–H groups in total. The minimum absolute atomic E-state index is 0.0347. The Bertz CT molecular complexity index is 602. The van der Waals surface area contributed by atoms with Crippen molar-refractivity contribution in [3.63, 3.8) is 0 Å². The first-order chi connectivity index (χ1) is 13.2. The highest BCUT2D eigenvalue weighted by molar-refractivity contribution is 7.10. The molecule has 0 bridgehead atoms. The Morgan fingerprint density at radius 1 is 1.19 bits per heavy atom. The molecule has 2 fully saturated rings. The lowest BCUT2D eigenvalue weighted by Crippen LogP contribution is -2.52. The number of carbonyl (C=O) groups is 2. The Hall–Kier alpha value is -1.48. The lowest BCUT2D eigenvalue weighted by molar-refractivity contribution is -0.134. The molecule has 1 unspecified atom stereocenters. The molecule has 2 aliphatic heterocycles. The van der Waals surface area contributed by atoms with Crippen LogP contribution in [0.5, 0.6) is 0 Å². The monoisotopic (exact) mass is 394 g/mol. The maximum absolute atomic E-state index is 12.8. The van der Waals surface area contributed by atoms with Crippen molar-refractivity contribution in [2.45, 2.75) is 18.9 Å². The summed E-state index contributed by atoms with van der Waals surface area (Å²) in [4.78, 5) is 32.4. The highest BCUT2D eigenvalue weighted by Gasteiger charge is 2.31. The van der Waals surface area contributed by atoms with Crippen molar-refractivity contribution >= 4 is 23.2 Å². The second-order valence-electron chi connectivity index (χ2n) is 7.16. The van der Waals surface area contributed by atoms with Gasteiger partial charge in [-0.1, -0.05) is 6.07 Å². The van der Waals surface area contributed by atoms with Crippen LogP contribution >= 0.6 is 11.3 Å². The third kappa shape index (κ3) is 5.75. The number of carbonyl (C=O) groups excluding carboxylic acids is 2. The van der Waals surface area contributed by atoms with Gasteiger partial charge >= 0.3 is 0 Å². The van der Waals surface area contributed by atoms with E-state index in [1.165, 1.54) is 4.88 Å². The fraction of sp³-hybridized carbons (Fsp3) is 0.684. The molecule has 3 rings (SSSR count). The molecular weight excluding hydrogens is 364 g/mol. The number of rotatable bonds is 8. The number of nitrogens with zero attached hydrogens (tertiary/aromatic N) is 3. The third-order valence-corrected chi connectivity index (χ3v) is 6.24. The molecular formula is C19H30N4O3S. The van der Waals surface area contributed by atoms with Gasteiger partial charge in [0.25, 0.3) is 0 Å². The first-order valence-electron chi connectivity index (χ1n) is 9.70. The Morgan fingerprint density at radius 3 is 2.59 bits per heavy atom. The Labute approximate surface area is 165 Å². The number of amides is 2. The number of nitrogens with one attached hydrogen (secondary N) is 1. The van der Waals surface area contributed by atoms with Crippen LogP contribution in [0.1, 0.15) is 23.8 Å². The van der Waals surface area contributed by atoms with E-state index >= 15 is 0 Å². The fourth-order valence-corrected chi connectivity index (χ4v) is 4.65. The number of thiophene rings is 1. The molecule has 1 aromatic heterocycles. The minimum atomic E-state index is 0.0347. The Morgan fingerprint density at radius 2 is 1.93 bits per heavy atom. The van der Waals surface area contributed by atoms with Crippen LogP contribution in [0.2, 0.25) is 0 Å². The molecule has 2 aliphatic rings. The molecule has 8 heteroatoms. The fourth-order valence-electron chi connectivity index (χ4n) is 3.78. The number of hydrogen-bond donors (Lipinski definition) is 1. The quantitative estimate of drug-likeness (QED) is 0.661. The van der Waals surface area contributed by atoms with E-state index < -0.39 is 0 Å². The standard InChI is InChI=1S/C19H30N4O3S/c1-26-12-6-20-18(24)14-21-8-10-22(11-9-21)15-19(25)23-7-2-4-16(23)17-5-3-13-27-17/h3,5,13,16H,2,4,6-12,14-15H2,1H3,(H,20,24). The highest BCUT2D eigenvalue weighted by Crippen LogP contribution is 2.34. The summed E-state index contributed by atoms with van der Waals surface area (Å²) in [5.41, 5.74) is 0. The number of methoxy groups -OCH3 is 1. The van der Waals surface area contributed by atoms with Crippen LogP contribution in [0.3, 0.4) is 0 Å². The van der Waals surface area contributed by atoms with Gasteiger partial charge in [0.1, 0.15) is 0 Å².